The standard InChI is InChI=1S/C12H23F2N3O/c1-9(17(7-6-15)8-11(13)14)12(18)16-10-4-2-3-5-10/h9-11H,2-8,15H2,1H3,(H,16,18). The van der Waals surface area contributed by atoms with Crippen LogP contribution < -0.4 is 11.1 Å². The minimum absolute atomic E-state index is 0.170. The van der Waals surface area contributed by atoms with Crippen LogP contribution in [0.5, 0.6) is 0 Å². The van der Waals surface area contributed by atoms with Crippen molar-refractivity contribution in [3.63, 3.8) is 0 Å². The maximum absolute atomic E-state index is 12.4. The number of hydrogen-bond acceptors (Lipinski definition) is 3. The molecule has 0 saturated heterocycles. The van der Waals surface area contributed by atoms with Crippen molar-refractivity contribution in [3.05, 3.63) is 0 Å². The molecule has 1 rings (SSSR count). The molecular weight excluding hydrogens is 240 g/mol. The van der Waals surface area contributed by atoms with Crippen molar-refractivity contribution in [2.75, 3.05) is 19.6 Å². The normalized spacial score (nSPS) is 18.6. The molecule has 1 aliphatic carbocycles. The van der Waals surface area contributed by atoms with Crippen molar-refractivity contribution < 1.29 is 13.6 Å². The first-order valence-corrected chi connectivity index (χ1v) is 6.57. The maximum Gasteiger partial charge on any atom is 0.251 e. The summed E-state index contributed by atoms with van der Waals surface area (Å²) in [5, 5.41) is 2.92. The molecule has 1 unspecified atom stereocenters. The lowest BCUT2D eigenvalue weighted by Gasteiger charge is -2.28. The largest absolute Gasteiger partial charge is 0.352 e. The Balaban J connectivity index is 2.46. The zero-order valence-electron chi connectivity index (χ0n) is 10.9. The zero-order valence-corrected chi connectivity index (χ0v) is 10.9. The van der Waals surface area contributed by atoms with E-state index in [1.54, 1.807) is 6.92 Å². The van der Waals surface area contributed by atoms with Gasteiger partial charge in [-0.15, -0.1) is 0 Å². The van der Waals surface area contributed by atoms with Gasteiger partial charge in [0, 0.05) is 19.1 Å². The van der Waals surface area contributed by atoms with Crippen molar-refractivity contribution in [2.45, 2.75) is 51.1 Å². The molecule has 106 valence electrons. The SMILES string of the molecule is CC(C(=O)NC1CCCC1)N(CCN)CC(F)F. The average molecular weight is 263 g/mol. The predicted octanol–water partition coefficient (Wildman–Crippen LogP) is 0.959. The average Bonchev–Trinajstić information content (AvgIpc) is 2.79. The van der Waals surface area contributed by atoms with Gasteiger partial charge in [-0.2, -0.15) is 0 Å². The number of alkyl halides is 2. The van der Waals surface area contributed by atoms with E-state index in [1.807, 2.05) is 0 Å². The molecule has 0 bridgehead atoms. The fraction of sp³-hybridized carbons (Fsp3) is 0.917. The third-order valence-corrected chi connectivity index (χ3v) is 3.42. The molecule has 18 heavy (non-hydrogen) atoms. The highest BCUT2D eigenvalue weighted by atomic mass is 19.3. The number of nitrogens with one attached hydrogen (secondary N) is 1. The minimum atomic E-state index is -2.45. The summed E-state index contributed by atoms with van der Waals surface area (Å²) in [5.74, 6) is -0.170. The number of nitrogens with zero attached hydrogens (tertiary/aromatic N) is 1. The summed E-state index contributed by atoms with van der Waals surface area (Å²) in [6.07, 6.45) is 1.79. The summed E-state index contributed by atoms with van der Waals surface area (Å²) in [5.41, 5.74) is 5.39. The van der Waals surface area contributed by atoms with Crippen molar-refractivity contribution in [1.82, 2.24) is 10.2 Å². The minimum Gasteiger partial charge on any atom is -0.352 e. The second-order valence-electron chi connectivity index (χ2n) is 4.84. The van der Waals surface area contributed by atoms with Crippen LogP contribution in [0.3, 0.4) is 0 Å². The molecule has 0 aromatic carbocycles. The Morgan fingerprint density at radius 3 is 2.56 bits per heavy atom. The molecule has 1 aliphatic rings. The Bertz CT molecular complexity index is 258. The molecule has 6 heteroatoms. The van der Waals surface area contributed by atoms with Gasteiger partial charge in [0.2, 0.25) is 5.91 Å². The Morgan fingerprint density at radius 2 is 2.06 bits per heavy atom. The third-order valence-electron chi connectivity index (χ3n) is 3.42. The smallest absolute Gasteiger partial charge is 0.251 e. The van der Waals surface area contributed by atoms with Crippen LogP contribution >= 0.6 is 0 Å². The van der Waals surface area contributed by atoms with Gasteiger partial charge in [-0.25, -0.2) is 8.78 Å². The van der Waals surface area contributed by atoms with E-state index in [2.05, 4.69) is 5.32 Å². The first kappa shape index (κ1) is 15.3. The molecule has 0 heterocycles. The van der Waals surface area contributed by atoms with Crippen molar-refractivity contribution >= 4 is 5.91 Å². The first-order valence-electron chi connectivity index (χ1n) is 6.57. The highest BCUT2D eigenvalue weighted by Crippen LogP contribution is 2.18. The molecule has 3 N–H and O–H groups in total. The molecule has 1 saturated carbocycles. The maximum atomic E-state index is 12.4. The topological polar surface area (TPSA) is 58.4 Å². The molecule has 0 aromatic rings. The zero-order chi connectivity index (χ0) is 13.5. The van der Waals surface area contributed by atoms with Gasteiger partial charge in [-0.1, -0.05) is 12.8 Å². The molecule has 1 fully saturated rings. The molecule has 1 amide bonds. The summed E-state index contributed by atoms with van der Waals surface area (Å²) in [7, 11) is 0. The van der Waals surface area contributed by atoms with Crippen LogP contribution in [-0.2, 0) is 4.79 Å². The highest BCUT2D eigenvalue weighted by Gasteiger charge is 2.26. The van der Waals surface area contributed by atoms with E-state index in [9.17, 15) is 13.6 Å². The van der Waals surface area contributed by atoms with Crippen LogP contribution in [0.15, 0.2) is 0 Å². The Kier molecular flexibility index (Phi) is 6.49. The van der Waals surface area contributed by atoms with Crippen LogP contribution in [0, 0.1) is 0 Å². The van der Waals surface area contributed by atoms with Crippen LogP contribution in [-0.4, -0.2) is 49.0 Å². The number of nitrogens with two attached hydrogens (primary N) is 1. The molecular formula is C12H23F2N3O. The molecule has 0 aliphatic heterocycles. The molecule has 0 radical (unpaired) electrons. The summed E-state index contributed by atoms with van der Waals surface area (Å²) in [4.78, 5) is 13.4. The van der Waals surface area contributed by atoms with Crippen LogP contribution in [0.2, 0.25) is 0 Å². The summed E-state index contributed by atoms with van der Waals surface area (Å²) >= 11 is 0. The van der Waals surface area contributed by atoms with E-state index in [4.69, 9.17) is 5.73 Å². The van der Waals surface area contributed by atoms with Gasteiger partial charge < -0.3 is 11.1 Å². The lowest BCUT2D eigenvalue weighted by molar-refractivity contribution is -0.127. The molecule has 4 nitrogen and oxygen atoms in total. The number of rotatable bonds is 7. The first-order chi connectivity index (χ1) is 8.54. The van der Waals surface area contributed by atoms with Gasteiger partial charge in [0.1, 0.15) is 0 Å². The highest BCUT2D eigenvalue weighted by molar-refractivity contribution is 5.81. The number of hydrogen-bond donors (Lipinski definition) is 2. The van der Waals surface area contributed by atoms with Gasteiger partial charge >= 0.3 is 0 Å². The summed E-state index contributed by atoms with van der Waals surface area (Å²) in [6.45, 7) is 1.83. The molecule has 0 aromatic heterocycles. The van der Waals surface area contributed by atoms with Crippen LogP contribution in [0.4, 0.5) is 8.78 Å². The summed E-state index contributed by atoms with van der Waals surface area (Å²) in [6, 6.07) is -0.339. The van der Waals surface area contributed by atoms with Crippen molar-refractivity contribution in [3.8, 4) is 0 Å². The number of carbonyl (C=O) groups excluding carboxylic acids is 1. The number of halogens is 2. The monoisotopic (exact) mass is 263 g/mol. The van der Waals surface area contributed by atoms with Crippen LogP contribution in [0.25, 0.3) is 0 Å². The van der Waals surface area contributed by atoms with E-state index in [0.717, 1.165) is 25.7 Å². The lowest BCUT2D eigenvalue weighted by atomic mass is 10.2. The predicted molar refractivity (Wildman–Crippen MR) is 66.5 cm³/mol. The van der Waals surface area contributed by atoms with E-state index in [1.165, 1.54) is 4.90 Å². The number of amides is 1. The Morgan fingerprint density at radius 1 is 1.44 bits per heavy atom. The molecule has 1 atom stereocenters. The fourth-order valence-electron chi connectivity index (χ4n) is 2.34. The summed E-state index contributed by atoms with van der Waals surface area (Å²) < 4.78 is 24.8. The van der Waals surface area contributed by atoms with Gasteiger partial charge in [0.25, 0.3) is 6.43 Å². The second-order valence-corrected chi connectivity index (χ2v) is 4.84. The fourth-order valence-corrected chi connectivity index (χ4v) is 2.34. The Labute approximate surface area is 107 Å². The third kappa shape index (κ3) is 4.86. The lowest BCUT2D eigenvalue weighted by Crippen LogP contribution is -2.50. The van der Waals surface area contributed by atoms with Gasteiger partial charge in [0.15, 0.2) is 0 Å². The Hall–Kier alpha value is -0.750. The van der Waals surface area contributed by atoms with Crippen LogP contribution in [0.1, 0.15) is 32.6 Å². The van der Waals surface area contributed by atoms with Crippen molar-refractivity contribution in [2.24, 2.45) is 5.73 Å². The van der Waals surface area contributed by atoms with Crippen molar-refractivity contribution in [1.29, 1.82) is 0 Å². The number of carbonyl (C=O) groups is 1. The molecule has 0 spiro atoms. The van der Waals surface area contributed by atoms with Gasteiger partial charge in [-0.05, 0) is 19.8 Å². The van der Waals surface area contributed by atoms with Gasteiger partial charge in [-0.3, -0.25) is 9.69 Å². The van der Waals surface area contributed by atoms with E-state index < -0.39 is 19.0 Å². The quantitative estimate of drug-likeness (QED) is 0.719. The second kappa shape index (κ2) is 7.63. The van der Waals surface area contributed by atoms with E-state index >= 15 is 0 Å². The van der Waals surface area contributed by atoms with E-state index in [0.29, 0.717) is 6.54 Å². The van der Waals surface area contributed by atoms with E-state index in [-0.39, 0.29) is 18.5 Å². The van der Waals surface area contributed by atoms with Gasteiger partial charge in [0.05, 0.1) is 12.6 Å².